The van der Waals surface area contributed by atoms with Gasteiger partial charge in [-0.05, 0) is 38.1 Å². The molecule has 1 heterocycles. The SMILES string of the molecule is CN(CC1CCC1)C(=O)C1CCCNC1.Cl. The summed E-state index contributed by atoms with van der Waals surface area (Å²) in [7, 11) is 1.97. The van der Waals surface area contributed by atoms with Gasteiger partial charge in [-0.3, -0.25) is 4.79 Å². The maximum atomic E-state index is 12.1. The van der Waals surface area contributed by atoms with E-state index in [1.807, 2.05) is 11.9 Å². The molecule has 0 radical (unpaired) electrons. The number of halogens is 1. The molecule has 1 aliphatic heterocycles. The Kier molecular flexibility index (Phi) is 5.56. The minimum Gasteiger partial charge on any atom is -0.345 e. The van der Waals surface area contributed by atoms with Crippen LogP contribution >= 0.6 is 12.4 Å². The van der Waals surface area contributed by atoms with Crippen LogP contribution in [-0.2, 0) is 4.79 Å². The van der Waals surface area contributed by atoms with E-state index in [9.17, 15) is 4.79 Å². The topological polar surface area (TPSA) is 32.3 Å². The van der Waals surface area contributed by atoms with Crippen molar-refractivity contribution in [1.29, 1.82) is 0 Å². The summed E-state index contributed by atoms with van der Waals surface area (Å²) in [6.45, 7) is 2.94. The number of hydrogen-bond acceptors (Lipinski definition) is 2. The lowest BCUT2D eigenvalue weighted by Gasteiger charge is -2.33. The molecule has 0 spiro atoms. The highest BCUT2D eigenvalue weighted by Crippen LogP contribution is 2.27. The summed E-state index contributed by atoms with van der Waals surface area (Å²) in [6, 6.07) is 0. The summed E-state index contributed by atoms with van der Waals surface area (Å²) < 4.78 is 0. The second-order valence-corrected chi connectivity index (χ2v) is 5.06. The van der Waals surface area contributed by atoms with E-state index in [0.717, 1.165) is 38.4 Å². The van der Waals surface area contributed by atoms with Crippen molar-refractivity contribution in [3.05, 3.63) is 0 Å². The van der Waals surface area contributed by atoms with Crippen LogP contribution in [0.5, 0.6) is 0 Å². The van der Waals surface area contributed by atoms with Crippen molar-refractivity contribution in [2.24, 2.45) is 11.8 Å². The zero-order valence-corrected chi connectivity index (χ0v) is 10.9. The molecule has 1 amide bonds. The standard InChI is InChI=1S/C12H22N2O.ClH/c1-14(9-10-4-2-5-10)12(15)11-6-3-7-13-8-11;/h10-11,13H,2-9H2,1H3;1H. The first-order chi connectivity index (χ1) is 7.27. The number of carbonyl (C=O) groups is 1. The largest absolute Gasteiger partial charge is 0.345 e. The number of carbonyl (C=O) groups excluding carboxylic acids is 1. The first kappa shape index (κ1) is 13.8. The lowest BCUT2D eigenvalue weighted by molar-refractivity contribution is -0.135. The highest BCUT2D eigenvalue weighted by atomic mass is 35.5. The number of piperidine rings is 1. The fourth-order valence-electron chi connectivity index (χ4n) is 2.53. The molecule has 0 aromatic heterocycles. The summed E-state index contributed by atoms with van der Waals surface area (Å²) in [6.07, 6.45) is 6.22. The van der Waals surface area contributed by atoms with E-state index in [-0.39, 0.29) is 18.3 Å². The molecular weight excluding hydrogens is 224 g/mol. The molecule has 1 saturated heterocycles. The summed E-state index contributed by atoms with van der Waals surface area (Å²) >= 11 is 0. The molecule has 1 N–H and O–H groups in total. The van der Waals surface area contributed by atoms with Crippen molar-refractivity contribution in [3.8, 4) is 0 Å². The predicted octanol–water partition coefficient (Wildman–Crippen LogP) is 1.67. The van der Waals surface area contributed by atoms with Gasteiger partial charge in [-0.25, -0.2) is 0 Å². The molecule has 0 aromatic rings. The zero-order valence-electron chi connectivity index (χ0n) is 10.1. The Hall–Kier alpha value is -0.280. The Morgan fingerprint density at radius 2 is 2.06 bits per heavy atom. The number of rotatable bonds is 3. The summed E-state index contributed by atoms with van der Waals surface area (Å²) in [5, 5.41) is 3.30. The first-order valence-corrected chi connectivity index (χ1v) is 6.23. The van der Waals surface area contributed by atoms with Crippen LogP contribution in [0.15, 0.2) is 0 Å². The van der Waals surface area contributed by atoms with E-state index in [2.05, 4.69) is 5.32 Å². The van der Waals surface area contributed by atoms with Gasteiger partial charge < -0.3 is 10.2 Å². The van der Waals surface area contributed by atoms with Gasteiger partial charge >= 0.3 is 0 Å². The van der Waals surface area contributed by atoms with E-state index in [4.69, 9.17) is 0 Å². The van der Waals surface area contributed by atoms with E-state index in [0.29, 0.717) is 5.91 Å². The van der Waals surface area contributed by atoms with Crippen LogP contribution in [0.4, 0.5) is 0 Å². The van der Waals surface area contributed by atoms with Crippen molar-refractivity contribution in [2.45, 2.75) is 32.1 Å². The van der Waals surface area contributed by atoms with Crippen LogP contribution in [0.25, 0.3) is 0 Å². The van der Waals surface area contributed by atoms with Crippen molar-refractivity contribution >= 4 is 18.3 Å². The van der Waals surface area contributed by atoms with E-state index in [1.165, 1.54) is 19.3 Å². The maximum Gasteiger partial charge on any atom is 0.226 e. The van der Waals surface area contributed by atoms with Crippen LogP contribution in [0, 0.1) is 11.8 Å². The Labute approximate surface area is 104 Å². The number of amides is 1. The van der Waals surface area contributed by atoms with E-state index in [1.54, 1.807) is 0 Å². The maximum absolute atomic E-state index is 12.1. The molecular formula is C12H23ClN2O. The van der Waals surface area contributed by atoms with Crippen LogP contribution in [-0.4, -0.2) is 37.5 Å². The van der Waals surface area contributed by atoms with Gasteiger partial charge in [0.2, 0.25) is 5.91 Å². The summed E-state index contributed by atoms with van der Waals surface area (Å²) in [4.78, 5) is 14.0. The van der Waals surface area contributed by atoms with Gasteiger partial charge in [-0.15, -0.1) is 12.4 Å². The third-order valence-electron chi connectivity index (χ3n) is 3.78. The fourth-order valence-corrected chi connectivity index (χ4v) is 2.53. The average molecular weight is 247 g/mol. The lowest BCUT2D eigenvalue weighted by Crippen LogP contribution is -2.43. The van der Waals surface area contributed by atoms with E-state index >= 15 is 0 Å². The monoisotopic (exact) mass is 246 g/mol. The van der Waals surface area contributed by atoms with Crippen LogP contribution in [0.2, 0.25) is 0 Å². The van der Waals surface area contributed by atoms with Crippen molar-refractivity contribution < 1.29 is 4.79 Å². The molecule has 1 atom stereocenters. The van der Waals surface area contributed by atoms with Gasteiger partial charge in [0.15, 0.2) is 0 Å². The van der Waals surface area contributed by atoms with Gasteiger partial charge in [0, 0.05) is 20.1 Å². The number of nitrogens with one attached hydrogen (secondary N) is 1. The Balaban J connectivity index is 0.00000128. The quantitative estimate of drug-likeness (QED) is 0.822. The molecule has 16 heavy (non-hydrogen) atoms. The minimum atomic E-state index is 0. The molecule has 4 heteroatoms. The van der Waals surface area contributed by atoms with Crippen molar-refractivity contribution in [3.63, 3.8) is 0 Å². The molecule has 1 saturated carbocycles. The van der Waals surface area contributed by atoms with Crippen LogP contribution in [0.1, 0.15) is 32.1 Å². The molecule has 3 nitrogen and oxygen atoms in total. The summed E-state index contributed by atoms with van der Waals surface area (Å²) in [5.74, 6) is 1.38. The number of hydrogen-bond donors (Lipinski definition) is 1. The molecule has 2 fully saturated rings. The van der Waals surface area contributed by atoms with Crippen LogP contribution < -0.4 is 5.32 Å². The Morgan fingerprint density at radius 3 is 2.56 bits per heavy atom. The smallest absolute Gasteiger partial charge is 0.226 e. The third-order valence-corrected chi connectivity index (χ3v) is 3.78. The van der Waals surface area contributed by atoms with Crippen molar-refractivity contribution in [1.82, 2.24) is 10.2 Å². The van der Waals surface area contributed by atoms with Gasteiger partial charge in [0.1, 0.15) is 0 Å². The first-order valence-electron chi connectivity index (χ1n) is 6.23. The fraction of sp³-hybridized carbons (Fsp3) is 0.917. The molecule has 2 rings (SSSR count). The zero-order chi connectivity index (χ0) is 10.7. The lowest BCUT2D eigenvalue weighted by atomic mass is 9.85. The molecule has 1 aliphatic carbocycles. The molecule has 94 valence electrons. The van der Waals surface area contributed by atoms with Crippen LogP contribution in [0.3, 0.4) is 0 Å². The van der Waals surface area contributed by atoms with Gasteiger partial charge in [-0.1, -0.05) is 6.42 Å². The Bertz CT molecular complexity index is 225. The van der Waals surface area contributed by atoms with Crippen molar-refractivity contribution in [2.75, 3.05) is 26.7 Å². The molecule has 0 bridgehead atoms. The molecule has 1 unspecified atom stereocenters. The third kappa shape index (κ3) is 3.36. The highest BCUT2D eigenvalue weighted by Gasteiger charge is 2.26. The predicted molar refractivity (Wildman–Crippen MR) is 67.8 cm³/mol. The molecule has 0 aromatic carbocycles. The molecule has 2 aliphatic rings. The normalized spacial score (nSPS) is 25.4. The second kappa shape index (κ2) is 6.45. The summed E-state index contributed by atoms with van der Waals surface area (Å²) in [5.41, 5.74) is 0. The van der Waals surface area contributed by atoms with Gasteiger partial charge in [0.25, 0.3) is 0 Å². The van der Waals surface area contributed by atoms with E-state index < -0.39 is 0 Å². The highest BCUT2D eigenvalue weighted by molar-refractivity contribution is 5.85. The Morgan fingerprint density at radius 1 is 1.31 bits per heavy atom. The minimum absolute atomic E-state index is 0. The number of nitrogens with zero attached hydrogens (tertiary/aromatic N) is 1. The van der Waals surface area contributed by atoms with Gasteiger partial charge in [0.05, 0.1) is 5.92 Å². The van der Waals surface area contributed by atoms with Gasteiger partial charge in [-0.2, -0.15) is 0 Å². The second-order valence-electron chi connectivity index (χ2n) is 5.06. The average Bonchev–Trinajstić information content (AvgIpc) is 2.23.